The highest BCUT2D eigenvalue weighted by molar-refractivity contribution is 4.65. The van der Waals surface area contributed by atoms with Gasteiger partial charge in [-0.1, -0.05) is 20.8 Å². The third-order valence-electron chi connectivity index (χ3n) is 2.51. The summed E-state index contributed by atoms with van der Waals surface area (Å²) >= 11 is 0. The van der Waals surface area contributed by atoms with Gasteiger partial charge in [0.2, 0.25) is 0 Å². The third-order valence-corrected chi connectivity index (χ3v) is 2.51. The summed E-state index contributed by atoms with van der Waals surface area (Å²) in [5.74, 6) is 0.615. The van der Waals surface area contributed by atoms with Crippen LogP contribution in [0.25, 0.3) is 0 Å². The zero-order chi connectivity index (χ0) is 9.72. The zero-order valence-corrected chi connectivity index (χ0v) is 8.62. The van der Waals surface area contributed by atoms with Gasteiger partial charge in [0.15, 0.2) is 0 Å². The molecule has 0 saturated carbocycles. The number of hydrogen-bond acceptors (Lipinski definition) is 2. The molecule has 2 N–H and O–H groups in total. The van der Waals surface area contributed by atoms with Crippen molar-refractivity contribution >= 4 is 0 Å². The maximum atomic E-state index is 9.48. The Bertz CT molecular complexity index is 96.4. The molecule has 74 valence electrons. The largest absolute Gasteiger partial charge is 0.393 e. The van der Waals surface area contributed by atoms with E-state index in [1.165, 1.54) is 0 Å². The Morgan fingerprint density at radius 1 is 0.917 bits per heavy atom. The van der Waals surface area contributed by atoms with Crippen molar-refractivity contribution in [2.24, 2.45) is 11.8 Å². The number of aliphatic hydroxyl groups excluding tert-OH is 2. The predicted octanol–water partition coefficient (Wildman–Crippen LogP) is 1.80. The van der Waals surface area contributed by atoms with Gasteiger partial charge in [0.05, 0.1) is 12.2 Å². The van der Waals surface area contributed by atoms with Crippen LogP contribution >= 0.6 is 0 Å². The molecular weight excluding hydrogens is 152 g/mol. The van der Waals surface area contributed by atoms with Crippen molar-refractivity contribution in [1.29, 1.82) is 0 Å². The fourth-order valence-electron chi connectivity index (χ4n) is 1.01. The molecule has 0 saturated heterocycles. The van der Waals surface area contributed by atoms with Crippen molar-refractivity contribution in [2.75, 3.05) is 0 Å². The summed E-state index contributed by atoms with van der Waals surface area (Å²) in [6, 6.07) is 0. The van der Waals surface area contributed by atoms with Crippen molar-refractivity contribution in [2.45, 2.75) is 52.7 Å². The zero-order valence-electron chi connectivity index (χ0n) is 8.62. The van der Waals surface area contributed by atoms with Gasteiger partial charge in [0.1, 0.15) is 0 Å². The Balaban J connectivity index is 3.54. The lowest BCUT2D eigenvalue weighted by Crippen LogP contribution is -2.19. The molecule has 0 amide bonds. The standard InChI is InChI=1S/C10H22O2/c1-7(2)10(12)6-5-8(3)9(4)11/h7-12H,5-6H2,1-4H3. The highest BCUT2D eigenvalue weighted by Gasteiger charge is 2.13. The second kappa shape index (κ2) is 5.55. The summed E-state index contributed by atoms with van der Waals surface area (Å²) in [6.45, 7) is 7.83. The van der Waals surface area contributed by atoms with Gasteiger partial charge in [-0.25, -0.2) is 0 Å². The van der Waals surface area contributed by atoms with E-state index >= 15 is 0 Å². The Labute approximate surface area is 75.6 Å². The molecular formula is C10H22O2. The van der Waals surface area contributed by atoms with E-state index < -0.39 is 0 Å². The van der Waals surface area contributed by atoms with Crippen molar-refractivity contribution in [3.63, 3.8) is 0 Å². The Morgan fingerprint density at radius 3 is 1.75 bits per heavy atom. The van der Waals surface area contributed by atoms with E-state index in [1.54, 1.807) is 6.92 Å². The lowest BCUT2D eigenvalue weighted by molar-refractivity contribution is 0.0850. The molecule has 0 aliphatic rings. The summed E-state index contributed by atoms with van der Waals surface area (Å²) in [7, 11) is 0. The van der Waals surface area contributed by atoms with E-state index in [9.17, 15) is 10.2 Å². The van der Waals surface area contributed by atoms with Crippen LogP contribution in [-0.2, 0) is 0 Å². The molecule has 12 heavy (non-hydrogen) atoms. The molecule has 2 nitrogen and oxygen atoms in total. The van der Waals surface area contributed by atoms with Crippen LogP contribution in [0.15, 0.2) is 0 Å². The highest BCUT2D eigenvalue weighted by Crippen LogP contribution is 2.15. The van der Waals surface area contributed by atoms with Crippen molar-refractivity contribution in [1.82, 2.24) is 0 Å². The fourth-order valence-corrected chi connectivity index (χ4v) is 1.01. The second-order valence-corrected chi connectivity index (χ2v) is 4.11. The average Bonchev–Trinajstić information content (AvgIpc) is 1.98. The van der Waals surface area contributed by atoms with E-state index in [1.807, 2.05) is 20.8 Å². The summed E-state index contributed by atoms with van der Waals surface area (Å²) in [5, 5.41) is 18.7. The number of rotatable bonds is 5. The van der Waals surface area contributed by atoms with E-state index in [2.05, 4.69) is 0 Å². The molecule has 0 rings (SSSR count). The lowest BCUT2D eigenvalue weighted by atomic mass is 9.94. The van der Waals surface area contributed by atoms with Crippen LogP contribution in [0.5, 0.6) is 0 Å². The van der Waals surface area contributed by atoms with Crippen molar-refractivity contribution in [3.8, 4) is 0 Å². The lowest BCUT2D eigenvalue weighted by Gasteiger charge is -2.18. The maximum absolute atomic E-state index is 9.48. The molecule has 3 unspecified atom stereocenters. The van der Waals surface area contributed by atoms with E-state index in [-0.39, 0.29) is 12.2 Å². The minimum atomic E-state index is -0.260. The van der Waals surface area contributed by atoms with Crippen molar-refractivity contribution < 1.29 is 10.2 Å². The summed E-state index contributed by atoms with van der Waals surface area (Å²) in [5.41, 5.74) is 0. The Morgan fingerprint density at radius 2 is 1.42 bits per heavy atom. The van der Waals surface area contributed by atoms with E-state index in [0.29, 0.717) is 11.8 Å². The maximum Gasteiger partial charge on any atom is 0.0563 e. The molecule has 0 radical (unpaired) electrons. The molecule has 0 aliphatic heterocycles. The molecule has 0 fully saturated rings. The first-order valence-electron chi connectivity index (χ1n) is 4.81. The van der Waals surface area contributed by atoms with Gasteiger partial charge in [-0.15, -0.1) is 0 Å². The molecule has 0 spiro atoms. The van der Waals surface area contributed by atoms with Crippen LogP contribution in [0.3, 0.4) is 0 Å². The SMILES string of the molecule is CC(C)C(O)CCC(C)C(C)O. The molecule has 0 aromatic carbocycles. The summed E-state index contributed by atoms with van der Waals surface area (Å²) in [4.78, 5) is 0. The molecule has 0 bridgehead atoms. The Hall–Kier alpha value is -0.0800. The van der Waals surface area contributed by atoms with Gasteiger partial charge in [0.25, 0.3) is 0 Å². The molecule has 0 aliphatic carbocycles. The summed E-state index contributed by atoms with van der Waals surface area (Å²) < 4.78 is 0. The van der Waals surface area contributed by atoms with Gasteiger partial charge in [0, 0.05) is 0 Å². The van der Waals surface area contributed by atoms with Gasteiger partial charge in [-0.2, -0.15) is 0 Å². The first-order chi connectivity index (χ1) is 5.45. The van der Waals surface area contributed by atoms with Crippen LogP contribution in [0.1, 0.15) is 40.5 Å². The van der Waals surface area contributed by atoms with Gasteiger partial charge < -0.3 is 10.2 Å². The topological polar surface area (TPSA) is 40.5 Å². The van der Waals surface area contributed by atoms with Gasteiger partial charge >= 0.3 is 0 Å². The van der Waals surface area contributed by atoms with Crippen molar-refractivity contribution in [3.05, 3.63) is 0 Å². The minimum Gasteiger partial charge on any atom is -0.393 e. The smallest absolute Gasteiger partial charge is 0.0563 e. The quantitative estimate of drug-likeness (QED) is 0.667. The van der Waals surface area contributed by atoms with Crippen LogP contribution in [0.2, 0.25) is 0 Å². The highest BCUT2D eigenvalue weighted by atomic mass is 16.3. The van der Waals surface area contributed by atoms with Gasteiger partial charge in [-0.3, -0.25) is 0 Å². The molecule has 0 aromatic heterocycles. The van der Waals surface area contributed by atoms with Gasteiger partial charge in [-0.05, 0) is 31.6 Å². The summed E-state index contributed by atoms with van der Waals surface area (Å²) in [6.07, 6.45) is 1.22. The Kier molecular flexibility index (Phi) is 5.51. The molecule has 0 heterocycles. The normalized spacial score (nSPS) is 19.2. The average molecular weight is 174 g/mol. The van der Waals surface area contributed by atoms with Crippen LogP contribution in [0, 0.1) is 11.8 Å². The first kappa shape index (κ1) is 11.9. The minimum absolute atomic E-state index is 0.216. The van der Waals surface area contributed by atoms with Crippen LogP contribution in [0.4, 0.5) is 0 Å². The fraction of sp³-hybridized carbons (Fsp3) is 1.00. The number of aliphatic hydroxyl groups is 2. The van der Waals surface area contributed by atoms with Crippen LogP contribution < -0.4 is 0 Å². The predicted molar refractivity (Wildman–Crippen MR) is 50.9 cm³/mol. The molecule has 0 aromatic rings. The first-order valence-corrected chi connectivity index (χ1v) is 4.81. The third kappa shape index (κ3) is 4.73. The second-order valence-electron chi connectivity index (χ2n) is 4.11. The van der Waals surface area contributed by atoms with Crippen LogP contribution in [-0.4, -0.2) is 22.4 Å². The number of hydrogen-bond donors (Lipinski definition) is 2. The van der Waals surface area contributed by atoms with E-state index in [4.69, 9.17) is 0 Å². The molecule has 3 atom stereocenters. The van der Waals surface area contributed by atoms with E-state index in [0.717, 1.165) is 12.8 Å². The monoisotopic (exact) mass is 174 g/mol. The molecule has 2 heteroatoms.